The van der Waals surface area contributed by atoms with E-state index in [1.54, 1.807) is 6.20 Å². The largest absolute Gasteiger partial charge is 0.481 e. The van der Waals surface area contributed by atoms with E-state index < -0.39 is 5.97 Å². The average molecular weight is 261 g/mol. The van der Waals surface area contributed by atoms with Crippen molar-refractivity contribution in [2.45, 2.75) is 32.2 Å². The first-order chi connectivity index (χ1) is 9.15. The van der Waals surface area contributed by atoms with Gasteiger partial charge >= 0.3 is 5.97 Å². The van der Waals surface area contributed by atoms with Crippen LogP contribution in [0.4, 0.5) is 5.82 Å². The van der Waals surface area contributed by atoms with E-state index in [1.165, 1.54) is 0 Å². The molecule has 1 aliphatic carbocycles. The highest BCUT2D eigenvalue weighted by molar-refractivity contribution is 5.71. The summed E-state index contributed by atoms with van der Waals surface area (Å²) in [5, 5.41) is 20.4. The SMILES string of the molecule is Cc1nnc2c(N[C@H]3CC[C@@H](C(=O)O)C3)nccn12. The van der Waals surface area contributed by atoms with E-state index in [2.05, 4.69) is 20.5 Å². The van der Waals surface area contributed by atoms with Crippen LogP contribution in [0.2, 0.25) is 0 Å². The van der Waals surface area contributed by atoms with Crippen LogP contribution >= 0.6 is 0 Å². The minimum atomic E-state index is -0.714. The molecule has 0 bridgehead atoms. The van der Waals surface area contributed by atoms with Crippen LogP contribution in [0.1, 0.15) is 25.1 Å². The predicted molar refractivity (Wildman–Crippen MR) is 67.9 cm³/mol. The Morgan fingerprint density at radius 3 is 3.05 bits per heavy atom. The average Bonchev–Trinajstić information content (AvgIpc) is 2.98. The van der Waals surface area contributed by atoms with Gasteiger partial charge in [0.25, 0.3) is 0 Å². The minimum absolute atomic E-state index is 0.136. The Morgan fingerprint density at radius 1 is 1.47 bits per heavy atom. The number of rotatable bonds is 3. The third-order valence-electron chi connectivity index (χ3n) is 3.62. The first-order valence-electron chi connectivity index (χ1n) is 6.31. The van der Waals surface area contributed by atoms with Crippen molar-refractivity contribution in [3.05, 3.63) is 18.2 Å². The number of carboxylic acid groups (broad SMARTS) is 1. The zero-order chi connectivity index (χ0) is 13.4. The topological polar surface area (TPSA) is 92.4 Å². The van der Waals surface area contributed by atoms with Gasteiger partial charge in [0.15, 0.2) is 5.82 Å². The van der Waals surface area contributed by atoms with Crippen molar-refractivity contribution in [2.24, 2.45) is 5.92 Å². The predicted octanol–water partition coefficient (Wildman–Crippen LogP) is 1.10. The summed E-state index contributed by atoms with van der Waals surface area (Å²) in [5.74, 6) is 0.500. The highest BCUT2D eigenvalue weighted by atomic mass is 16.4. The molecule has 100 valence electrons. The molecule has 7 heteroatoms. The molecule has 2 heterocycles. The van der Waals surface area contributed by atoms with Crippen molar-refractivity contribution in [2.75, 3.05) is 5.32 Å². The van der Waals surface area contributed by atoms with Gasteiger partial charge in [0.1, 0.15) is 5.82 Å². The summed E-state index contributed by atoms with van der Waals surface area (Å²) in [6.45, 7) is 1.87. The zero-order valence-corrected chi connectivity index (χ0v) is 10.6. The molecule has 1 aliphatic rings. The molecular weight excluding hydrogens is 246 g/mol. The lowest BCUT2D eigenvalue weighted by Gasteiger charge is -2.13. The summed E-state index contributed by atoms with van der Waals surface area (Å²) in [7, 11) is 0. The van der Waals surface area contributed by atoms with Crippen LogP contribution < -0.4 is 5.32 Å². The minimum Gasteiger partial charge on any atom is -0.481 e. The molecule has 0 saturated heterocycles. The molecule has 2 N–H and O–H groups in total. The van der Waals surface area contributed by atoms with Gasteiger partial charge in [-0.1, -0.05) is 0 Å². The lowest BCUT2D eigenvalue weighted by molar-refractivity contribution is -0.141. The van der Waals surface area contributed by atoms with E-state index in [9.17, 15) is 4.79 Å². The number of nitrogens with one attached hydrogen (secondary N) is 1. The molecule has 19 heavy (non-hydrogen) atoms. The van der Waals surface area contributed by atoms with Gasteiger partial charge in [0.05, 0.1) is 5.92 Å². The van der Waals surface area contributed by atoms with Crippen LogP contribution in [0.5, 0.6) is 0 Å². The fourth-order valence-corrected chi connectivity index (χ4v) is 2.57. The quantitative estimate of drug-likeness (QED) is 0.859. The zero-order valence-electron chi connectivity index (χ0n) is 10.6. The standard InChI is InChI=1S/C12H15N5O2/c1-7-15-16-11-10(13-4-5-17(7)11)14-9-3-2-8(6-9)12(18)19/h4-5,8-9H,2-3,6H2,1H3,(H,13,14)(H,18,19)/t8-,9+/m1/s1. The van der Waals surface area contributed by atoms with Crippen LogP contribution in [0.25, 0.3) is 5.65 Å². The van der Waals surface area contributed by atoms with E-state index in [-0.39, 0.29) is 12.0 Å². The van der Waals surface area contributed by atoms with Crippen LogP contribution in [-0.2, 0) is 4.79 Å². The van der Waals surface area contributed by atoms with Crippen molar-refractivity contribution in [3.8, 4) is 0 Å². The number of aromatic nitrogens is 4. The van der Waals surface area contributed by atoms with E-state index in [0.717, 1.165) is 12.2 Å². The van der Waals surface area contributed by atoms with E-state index >= 15 is 0 Å². The summed E-state index contributed by atoms with van der Waals surface area (Å²) >= 11 is 0. The number of fused-ring (bicyclic) bond motifs is 1. The first kappa shape index (κ1) is 11.9. The van der Waals surface area contributed by atoms with Gasteiger partial charge in [-0.2, -0.15) is 0 Å². The second-order valence-electron chi connectivity index (χ2n) is 4.91. The van der Waals surface area contributed by atoms with Crippen molar-refractivity contribution in [3.63, 3.8) is 0 Å². The van der Waals surface area contributed by atoms with Crippen LogP contribution in [0.3, 0.4) is 0 Å². The Hall–Kier alpha value is -2.18. The summed E-state index contributed by atoms with van der Waals surface area (Å²) in [6.07, 6.45) is 5.68. The number of anilines is 1. The fraction of sp³-hybridized carbons (Fsp3) is 0.500. The molecule has 0 unspecified atom stereocenters. The first-order valence-corrected chi connectivity index (χ1v) is 6.31. The molecule has 1 fully saturated rings. The Balaban J connectivity index is 1.81. The lowest BCUT2D eigenvalue weighted by atomic mass is 10.1. The number of hydrogen-bond acceptors (Lipinski definition) is 5. The third kappa shape index (κ3) is 2.11. The molecule has 2 atom stereocenters. The maximum Gasteiger partial charge on any atom is 0.306 e. The number of hydrogen-bond donors (Lipinski definition) is 2. The Labute approximate surface area is 109 Å². The maximum absolute atomic E-state index is 10.9. The lowest BCUT2D eigenvalue weighted by Crippen LogP contribution is -2.19. The normalized spacial score (nSPS) is 22.8. The smallest absolute Gasteiger partial charge is 0.306 e. The van der Waals surface area contributed by atoms with Gasteiger partial charge in [-0.15, -0.1) is 10.2 Å². The highest BCUT2D eigenvalue weighted by Gasteiger charge is 2.30. The van der Waals surface area contributed by atoms with Crippen LogP contribution in [0, 0.1) is 12.8 Å². The molecule has 2 aromatic rings. The number of aryl methyl sites for hydroxylation is 1. The second kappa shape index (κ2) is 4.49. The second-order valence-corrected chi connectivity index (χ2v) is 4.91. The van der Waals surface area contributed by atoms with Gasteiger partial charge in [0, 0.05) is 18.4 Å². The number of nitrogens with zero attached hydrogens (tertiary/aromatic N) is 4. The molecular formula is C12H15N5O2. The van der Waals surface area contributed by atoms with Gasteiger partial charge in [-0.05, 0) is 26.2 Å². The van der Waals surface area contributed by atoms with Crippen molar-refractivity contribution in [1.29, 1.82) is 0 Å². The molecule has 7 nitrogen and oxygen atoms in total. The molecule has 3 rings (SSSR count). The molecule has 1 saturated carbocycles. The van der Waals surface area contributed by atoms with Gasteiger partial charge in [-0.25, -0.2) is 4.98 Å². The molecule has 2 aromatic heterocycles. The molecule has 0 amide bonds. The monoisotopic (exact) mass is 261 g/mol. The molecule has 0 aliphatic heterocycles. The Kier molecular flexibility index (Phi) is 2.81. The number of carbonyl (C=O) groups is 1. The van der Waals surface area contributed by atoms with Crippen molar-refractivity contribution < 1.29 is 9.90 Å². The van der Waals surface area contributed by atoms with Crippen LogP contribution in [0.15, 0.2) is 12.4 Å². The Morgan fingerprint density at radius 2 is 2.32 bits per heavy atom. The summed E-state index contributed by atoms with van der Waals surface area (Å²) in [5.41, 5.74) is 0.679. The fourth-order valence-electron chi connectivity index (χ4n) is 2.57. The van der Waals surface area contributed by atoms with Gasteiger partial charge in [-0.3, -0.25) is 9.20 Å². The summed E-state index contributed by atoms with van der Waals surface area (Å²) in [4.78, 5) is 15.2. The van der Waals surface area contributed by atoms with Crippen molar-refractivity contribution >= 4 is 17.4 Å². The summed E-state index contributed by atoms with van der Waals surface area (Å²) in [6, 6.07) is 0.136. The van der Waals surface area contributed by atoms with E-state index in [0.29, 0.717) is 24.3 Å². The van der Waals surface area contributed by atoms with E-state index in [4.69, 9.17) is 5.11 Å². The Bertz CT molecular complexity index is 624. The highest BCUT2D eigenvalue weighted by Crippen LogP contribution is 2.28. The van der Waals surface area contributed by atoms with Gasteiger partial charge in [0.2, 0.25) is 5.65 Å². The third-order valence-corrected chi connectivity index (χ3v) is 3.62. The number of carboxylic acids is 1. The maximum atomic E-state index is 10.9. The molecule has 0 radical (unpaired) electrons. The summed E-state index contributed by atoms with van der Waals surface area (Å²) < 4.78 is 1.86. The van der Waals surface area contributed by atoms with E-state index in [1.807, 2.05) is 17.5 Å². The molecule has 0 aromatic carbocycles. The van der Waals surface area contributed by atoms with Gasteiger partial charge < -0.3 is 10.4 Å². The van der Waals surface area contributed by atoms with Crippen LogP contribution in [-0.4, -0.2) is 36.7 Å². The number of aliphatic carboxylic acids is 1. The van der Waals surface area contributed by atoms with Crippen molar-refractivity contribution in [1.82, 2.24) is 19.6 Å². The molecule has 0 spiro atoms.